The fraction of sp³-hybridized carbons (Fsp3) is 0.656. The van der Waals surface area contributed by atoms with E-state index in [1.165, 1.54) is 19.3 Å². The second-order valence-corrected chi connectivity index (χ2v) is 13.4. The maximum absolute atomic E-state index is 14.1. The Labute approximate surface area is 246 Å². The van der Waals surface area contributed by atoms with Crippen LogP contribution in [0.15, 0.2) is 6.07 Å². The number of nitrogens with one attached hydrogen (secondary N) is 1. The zero-order valence-corrected chi connectivity index (χ0v) is 24.9. The summed E-state index contributed by atoms with van der Waals surface area (Å²) in [6.07, 6.45) is 6.35. The molecule has 10 heteroatoms. The monoisotopic (exact) mass is 581 g/mol. The first-order valence-corrected chi connectivity index (χ1v) is 15.2. The topological polar surface area (TPSA) is 167 Å². The van der Waals surface area contributed by atoms with E-state index >= 15 is 0 Å². The van der Waals surface area contributed by atoms with Gasteiger partial charge in [-0.1, -0.05) is 33.1 Å². The molecule has 0 heterocycles. The number of primary amides is 1. The number of amides is 1. The van der Waals surface area contributed by atoms with Gasteiger partial charge in [-0.15, -0.1) is 0 Å². The molecule has 10 nitrogen and oxygen atoms in total. The lowest BCUT2D eigenvalue weighted by Crippen LogP contribution is -2.71. The highest BCUT2D eigenvalue weighted by Crippen LogP contribution is 2.54. The minimum absolute atomic E-state index is 0.0403. The molecule has 228 valence electrons. The number of carbonyl (C=O) groups excluding carboxylic acids is 5. The summed E-state index contributed by atoms with van der Waals surface area (Å²) in [5.41, 5.74) is 4.67. The lowest BCUT2D eigenvalue weighted by molar-refractivity contribution is -0.182. The van der Waals surface area contributed by atoms with Gasteiger partial charge in [-0.2, -0.15) is 0 Å². The van der Waals surface area contributed by atoms with E-state index in [4.69, 9.17) is 5.73 Å². The summed E-state index contributed by atoms with van der Waals surface area (Å²) in [5.74, 6) is -10.7. The number of fused-ring (bicyclic) bond motifs is 3. The van der Waals surface area contributed by atoms with Gasteiger partial charge in [0.05, 0.1) is 11.5 Å². The molecule has 0 spiro atoms. The minimum atomic E-state index is -2.68. The standard InChI is InChI=1S/C32H43N3O7/c1-15(2)22-20-11-17-10-19-21(35(3)4)12-18(14-34-13-16-8-6-5-7-9-16)26(36)24(19)28(38)23(17)29(39)32(20,42)30(40)25(27(22)37)31(33)41/h12,15-17,20,22-23,25,34,36,42H,5-11,13-14H2,1-4H3,(H2,33,41)/t17-,20-,22-,23?,25?,32-/m0/s1. The molecule has 4 aliphatic carbocycles. The quantitative estimate of drug-likeness (QED) is 0.352. The fourth-order valence-electron chi connectivity index (χ4n) is 8.29. The molecular formula is C32H43N3O7. The maximum atomic E-state index is 14.1. The third-order valence-corrected chi connectivity index (χ3v) is 10.3. The smallest absolute Gasteiger partial charge is 0.235 e. The van der Waals surface area contributed by atoms with Gasteiger partial charge in [-0.25, -0.2) is 0 Å². The van der Waals surface area contributed by atoms with Crippen molar-refractivity contribution in [2.45, 2.75) is 70.9 Å². The van der Waals surface area contributed by atoms with Gasteiger partial charge in [-0.05, 0) is 61.6 Å². The zero-order chi connectivity index (χ0) is 30.7. The molecule has 0 bridgehead atoms. The Morgan fingerprint density at radius 3 is 2.38 bits per heavy atom. The number of aliphatic hydroxyl groups is 1. The van der Waals surface area contributed by atoms with Crippen molar-refractivity contribution in [2.24, 2.45) is 47.2 Å². The molecule has 2 unspecified atom stereocenters. The predicted octanol–water partition coefficient (Wildman–Crippen LogP) is 1.94. The maximum Gasteiger partial charge on any atom is 0.235 e. The lowest BCUT2D eigenvalue weighted by Gasteiger charge is -2.52. The van der Waals surface area contributed by atoms with Crippen LogP contribution in [0.4, 0.5) is 5.69 Å². The van der Waals surface area contributed by atoms with Gasteiger partial charge in [0.1, 0.15) is 5.75 Å². The Hall–Kier alpha value is -3.11. The van der Waals surface area contributed by atoms with Crippen molar-refractivity contribution in [2.75, 3.05) is 25.5 Å². The third kappa shape index (κ3) is 4.67. The second-order valence-electron chi connectivity index (χ2n) is 13.4. The average molecular weight is 582 g/mol. The van der Waals surface area contributed by atoms with Gasteiger partial charge < -0.3 is 26.2 Å². The molecule has 3 fully saturated rings. The number of phenols is 1. The van der Waals surface area contributed by atoms with Crippen LogP contribution >= 0.6 is 0 Å². The Kier molecular flexibility index (Phi) is 8.08. The molecule has 1 amide bonds. The Bertz CT molecular complexity index is 1330. The van der Waals surface area contributed by atoms with E-state index in [1.807, 2.05) is 25.1 Å². The molecule has 5 N–H and O–H groups in total. The van der Waals surface area contributed by atoms with Crippen molar-refractivity contribution >= 4 is 34.7 Å². The number of benzene rings is 1. The molecule has 5 rings (SSSR count). The van der Waals surface area contributed by atoms with Crippen LogP contribution in [0.2, 0.25) is 0 Å². The van der Waals surface area contributed by atoms with E-state index in [-0.39, 0.29) is 30.1 Å². The van der Waals surface area contributed by atoms with Crippen molar-refractivity contribution in [1.29, 1.82) is 0 Å². The normalized spacial score (nSPS) is 31.5. The van der Waals surface area contributed by atoms with Crippen LogP contribution < -0.4 is 16.0 Å². The average Bonchev–Trinajstić information content (AvgIpc) is 2.92. The van der Waals surface area contributed by atoms with Crippen molar-refractivity contribution in [3.8, 4) is 5.75 Å². The summed E-state index contributed by atoms with van der Waals surface area (Å²) < 4.78 is 0. The number of hydrogen-bond donors (Lipinski definition) is 4. The van der Waals surface area contributed by atoms with Crippen LogP contribution in [-0.4, -0.2) is 65.5 Å². The van der Waals surface area contributed by atoms with Crippen molar-refractivity contribution < 1.29 is 34.2 Å². The molecule has 3 saturated carbocycles. The third-order valence-electron chi connectivity index (χ3n) is 10.3. The van der Waals surface area contributed by atoms with E-state index < -0.39 is 64.2 Å². The first-order chi connectivity index (χ1) is 19.8. The number of ketones is 4. The fourth-order valence-corrected chi connectivity index (χ4v) is 8.29. The first kappa shape index (κ1) is 30.4. The van der Waals surface area contributed by atoms with E-state index in [1.54, 1.807) is 13.8 Å². The number of hydrogen-bond acceptors (Lipinski definition) is 9. The second kappa shape index (κ2) is 11.2. The first-order valence-electron chi connectivity index (χ1n) is 15.2. The number of nitrogens with two attached hydrogens (primary N) is 1. The van der Waals surface area contributed by atoms with Crippen LogP contribution in [0.25, 0.3) is 0 Å². The number of anilines is 1. The van der Waals surface area contributed by atoms with Crippen molar-refractivity contribution in [1.82, 2.24) is 5.32 Å². The van der Waals surface area contributed by atoms with Crippen molar-refractivity contribution in [3.05, 3.63) is 22.8 Å². The summed E-state index contributed by atoms with van der Waals surface area (Å²) in [6, 6.07) is 1.87. The molecule has 42 heavy (non-hydrogen) atoms. The van der Waals surface area contributed by atoms with Gasteiger partial charge in [0.15, 0.2) is 34.7 Å². The molecule has 0 saturated heterocycles. The van der Waals surface area contributed by atoms with Crippen LogP contribution in [0.3, 0.4) is 0 Å². The highest BCUT2D eigenvalue weighted by molar-refractivity contribution is 6.32. The molecule has 0 aliphatic heterocycles. The van der Waals surface area contributed by atoms with Gasteiger partial charge in [0.2, 0.25) is 5.91 Å². The number of Topliss-reactive ketones (excluding diaryl/α,β-unsaturated/α-hetero) is 4. The van der Waals surface area contributed by atoms with E-state index in [0.29, 0.717) is 23.6 Å². The summed E-state index contributed by atoms with van der Waals surface area (Å²) in [4.78, 5) is 69.1. The Morgan fingerprint density at radius 1 is 1.12 bits per heavy atom. The SMILES string of the molecule is CC(C)[C@@H]1C(=O)C(C(N)=O)C(=O)[C@@]2(O)C(=O)C3C(=O)c4c(O)c(CNCC5CCCCC5)cc(N(C)C)c4C[C@H]3C[C@@H]12. The highest BCUT2D eigenvalue weighted by atomic mass is 16.3. The molecule has 6 atom stereocenters. The highest BCUT2D eigenvalue weighted by Gasteiger charge is 2.69. The summed E-state index contributed by atoms with van der Waals surface area (Å²) in [6.45, 7) is 4.62. The summed E-state index contributed by atoms with van der Waals surface area (Å²) in [7, 11) is 3.70. The number of rotatable bonds is 7. The van der Waals surface area contributed by atoms with Crippen LogP contribution in [-0.2, 0) is 32.1 Å². The minimum Gasteiger partial charge on any atom is -0.507 e. The van der Waals surface area contributed by atoms with Crippen LogP contribution in [0, 0.1) is 41.4 Å². The Morgan fingerprint density at radius 2 is 1.79 bits per heavy atom. The summed E-state index contributed by atoms with van der Waals surface area (Å²) in [5, 5.41) is 26.6. The van der Waals surface area contributed by atoms with E-state index in [2.05, 4.69) is 5.32 Å². The Balaban J connectivity index is 1.53. The molecule has 1 aromatic carbocycles. The van der Waals surface area contributed by atoms with Crippen LogP contribution in [0.5, 0.6) is 5.75 Å². The van der Waals surface area contributed by atoms with Gasteiger partial charge in [0.25, 0.3) is 0 Å². The number of phenolic OH excluding ortho intramolecular Hbond substituents is 1. The van der Waals surface area contributed by atoms with Gasteiger partial charge in [-0.3, -0.25) is 24.0 Å². The molecule has 0 radical (unpaired) electrons. The van der Waals surface area contributed by atoms with Gasteiger partial charge in [0, 0.05) is 43.7 Å². The van der Waals surface area contributed by atoms with Crippen molar-refractivity contribution in [3.63, 3.8) is 0 Å². The predicted molar refractivity (Wildman–Crippen MR) is 155 cm³/mol. The van der Waals surface area contributed by atoms with Crippen LogP contribution in [0.1, 0.15) is 73.9 Å². The number of aromatic hydroxyl groups is 1. The molecule has 4 aliphatic rings. The van der Waals surface area contributed by atoms with E-state index in [9.17, 15) is 34.2 Å². The molecule has 1 aromatic rings. The molecular weight excluding hydrogens is 538 g/mol. The van der Waals surface area contributed by atoms with Gasteiger partial charge >= 0.3 is 0 Å². The summed E-state index contributed by atoms with van der Waals surface area (Å²) >= 11 is 0. The zero-order valence-electron chi connectivity index (χ0n) is 24.9. The van der Waals surface area contributed by atoms with E-state index in [0.717, 1.165) is 25.1 Å². The lowest BCUT2D eigenvalue weighted by atomic mass is 9.49. The largest absolute Gasteiger partial charge is 0.507 e. The molecule has 0 aromatic heterocycles. The number of nitrogens with zero attached hydrogens (tertiary/aromatic N) is 1. The number of carbonyl (C=O) groups is 5.